The van der Waals surface area contributed by atoms with E-state index in [1.807, 2.05) is 74.5 Å². The van der Waals surface area contributed by atoms with Crippen LogP contribution in [-0.4, -0.2) is 45.5 Å². The maximum Gasteiger partial charge on any atom is 0.192 e. The molecule has 0 radical (unpaired) electrons. The SMILES string of the molecule is COC(C)OCOc1c(P(c2cc(Cl)cc(C(C)(C)C)c2O)c2ccc3ccccc3c2OCOC(C)OC)ccc2ccccc12. The highest BCUT2D eigenvalue weighted by molar-refractivity contribution is 7.80. The second-order valence-electron chi connectivity index (χ2n) is 12.1. The quantitative estimate of drug-likeness (QED) is 0.0998. The number of methoxy groups -OCH3 is 2. The molecule has 47 heavy (non-hydrogen) atoms. The van der Waals surface area contributed by atoms with Gasteiger partial charge in [0, 0.05) is 51.5 Å². The van der Waals surface area contributed by atoms with E-state index in [1.54, 1.807) is 14.2 Å². The van der Waals surface area contributed by atoms with Crippen molar-refractivity contribution in [3.8, 4) is 17.2 Å². The molecule has 0 aliphatic heterocycles. The minimum atomic E-state index is -1.56. The molecular weight excluding hydrogens is 635 g/mol. The standard InChI is InChI=1S/C38H42ClO7P/c1-24(41-6)43-22-45-36-29-14-10-8-12-26(29)16-18-32(36)47(34-21-28(39)20-31(35(34)40)38(3,4)5)33-19-17-27-13-9-11-15-30(27)37(33)46-23-44-25(2)42-7/h8-21,24-25,40H,22-23H2,1-7H3. The van der Waals surface area contributed by atoms with Crippen molar-refractivity contribution < 1.29 is 33.5 Å². The zero-order valence-corrected chi connectivity index (χ0v) is 29.5. The molecule has 5 aromatic carbocycles. The third-order valence-electron chi connectivity index (χ3n) is 7.98. The lowest BCUT2D eigenvalue weighted by Crippen LogP contribution is -2.27. The average molecular weight is 677 g/mol. The first kappa shape index (κ1) is 34.9. The number of rotatable bonds is 13. The van der Waals surface area contributed by atoms with E-state index < -0.39 is 20.5 Å². The van der Waals surface area contributed by atoms with Gasteiger partial charge in [-0.2, -0.15) is 0 Å². The molecule has 0 spiro atoms. The van der Waals surface area contributed by atoms with Gasteiger partial charge in [-0.3, -0.25) is 0 Å². The van der Waals surface area contributed by atoms with Crippen molar-refractivity contribution in [1.82, 2.24) is 0 Å². The van der Waals surface area contributed by atoms with Crippen LogP contribution in [0.4, 0.5) is 0 Å². The first-order valence-electron chi connectivity index (χ1n) is 15.4. The summed E-state index contributed by atoms with van der Waals surface area (Å²) in [5, 5.41) is 18.8. The predicted octanol–water partition coefficient (Wildman–Crippen LogP) is 8.10. The Bertz CT molecular complexity index is 1740. The summed E-state index contributed by atoms with van der Waals surface area (Å²) < 4.78 is 35.2. The van der Waals surface area contributed by atoms with Gasteiger partial charge in [0.15, 0.2) is 26.2 Å². The number of ether oxygens (including phenoxy) is 6. The fraction of sp³-hybridized carbons (Fsp3) is 0.316. The van der Waals surface area contributed by atoms with Crippen LogP contribution in [0.15, 0.2) is 84.9 Å². The Labute approximate surface area is 283 Å². The summed E-state index contributed by atoms with van der Waals surface area (Å²) in [7, 11) is 1.60. The van der Waals surface area contributed by atoms with E-state index in [0.717, 1.165) is 37.7 Å². The van der Waals surface area contributed by atoms with Crippen LogP contribution in [0.1, 0.15) is 40.2 Å². The van der Waals surface area contributed by atoms with Crippen molar-refractivity contribution >= 4 is 57.0 Å². The minimum Gasteiger partial charge on any atom is -0.507 e. The monoisotopic (exact) mass is 676 g/mol. The molecule has 0 aromatic heterocycles. The molecule has 248 valence electrons. The van der Waals surface area contributed by atoms with Crippen molar-refractivity contribution in [3.05, 3.63) is 95.5 Å². The van der Waals surface area contributed by atoms with Gasteiger partial charge in [0.2, 0.25) is 0 Å². The number of hydrogen-bond donors (Lipinski definition) is 1. The van der Waals surface area contributed by atoms with Gasteiger partial charge in [0.25, 0.3) is 0 Å². The van der Waals surface area contributed by atoms with Gasteiger partial charge < -0.3 is 33.5 Å². The molecule has 2 unspecified atom stereocenters. The fourth-order valence-corrected chi connectivity index (χ4v) is 8.25. The molecule has 7 nitrogen and oxygen atoms in total. The van der Waals surface area contributed by atoms with Gasteiger partial charge in [-0.15, -0.1) is 0 Å². The zero-order chi connectivity index (χ0) is 33.7. The fourth-order valence-electron chi connectivity index (χ4n) is 5.35. The maximum atomic E-state index is 12.1. The van der Waals surface area contributed by atoms with Crippen molar-refractivity contribution in [3.63, 3.8) is 0 Å². The summed E-state index contributed by atoms with van der Waals surface area (Å²) in [6.45, 7) is 9.70. The largest absolute Gasteiger partial charge is 0.507 e. The van der Waals surface area contributed by atoms with Crippen molar-refractivity contribution in [2.24, 2.45) is 0 Å². The number of phenols is 1. The van der Waals surface area contributed by atoms with Crippen molar-refractivity contribution in [1.29, 1.82) is 0 Å². The molecule has 0 fully saturated rings. The molecule has 0 heterocycles. The first-order valence-corrected chi connectivity index (χ1v) is 17.2. The van der Waals surface area contributed by atoms with Gasteiger partial charge in [-0.25, -0.2) is 0 Å². The zero-order valence-electron chi connectivity index (χ0n) is 27.9. The third kappa shape index (κ3) is 7.84. The van der Waals surface area contributed by atoms with E-state index in [0.29, 0.717) is 21.8 Å². The lowest BCUT2D eigenvalue weighted by atomic mass is 9.86. The van der Waals surface area contributed by atoms with Gasteiger partial charge in [-0.05, 0) is 62.2 Å². The molecule has 0 saturated carbocycles. The molecule has 5 rings (SSSR count). The van der Waals surface area contributed by atoms with E-state index in [1.165, 1.54) is 0 Å². The minimum absolute atomic E-state index is 0.0439. The Balaban J connectivity index is 1.82. The molecule has 0 bridgehead atoms. The molecule has 2 atom stereocenters. The van der Waals surface area contributed by atoms with Crippen molar-refractivity contribution in [2.75, 3.05) is 27.8 Å². The van der Waals surface area contributed by atoms with Crippen LogP contribution in [0.3, 0.4) is 0 Å². The number of fused-ring (bicyclic) bond motifs is 2. The van der Waals surface area contributed by atoms with Crippen LogP contribution in [0.2, 0.25) is 5.02 Å². The van der Waals surface area contributed by atoms with Gasteiger partial charge in [0.1, 0.15) is 17.2 Å². The summed E-state index contributed by atoms with van der Waals surface area (Å²) in [6, 6.07) is 28.0. The second kappa shape index (κ2) is 15.2. The topological polar surface area (TPSA) is 75.6 Å². The Kier molecular flexibility index (Phi) is 11.3. The van der Waals surface area contributed by atoms with Crippen LogP contribution in [-0.2, 0) is 24.4 Å². The normalized spacial score (nSPS) is 13.9. The maximum absolute atomic E-state index is 12.1. The highest BCUT2D eigenvalue weighted by Gasteiger charge is 2.32. The molecule has 0 aliphatic rings. The Morgan fingerprint density at radius 3 is 1.60 bits per heavy atom. The highest BCUT2D eigenvalue weighted by atomic mass is 35.5. The Morgan fingerprint density at radius 2 is 1.15 bits per heavy atom. The van der Waals surface area contributed by atoms with Crippen LogP contribution in [0, 0.1) is 0 Å². The van der Waals surface area contributed by atoms with Gasteiger partial charge >= 0.3 is 0 Å². The number of aromatic hydroxyl groups is 1. The Hall–Kier alpha value is -3.42. The van der Waals surface area contributed by atoms with Crippen LogP contribution in [0.5, 0.6) is 17.2 Å². The van der Waals surface area contributed by atoms with Gasteiger partial charge in [0.05, 0.1) is 0 Å². The number of phenolic OH excluding ortho intramolecular Hbond substituents is 1. The third-order valence-corrected chi connectivity index (χ3v) is 10.7. The van der Waals surface area contributed by atoms with Crippen LogP contribution in [0.25, 0.3) is 21.5 Å². The summed E-state index contributed by atoms with van der Waals surface area (Å²) in [4.78, 5) is 0. The summed E-state index contributed by atoms with van der Waals surface area (Å²) in [5.74, 6) is 1.45. The molecule has 0 amide bonds. The summed E-state index contributed by atoms with van der Waals surface area (Å²) >= 11 is 6.85. The molecule has 9 heteroatoms. The highest BCUT2D eigenvalue weighted by Crippen LogP contribution is 2.47. The van der Waals surface area contributed by atoms with Crippen LogP contribution < -0.4 is 25.4 Å². The van der Waals surface area contributed by atoms with E-state index in [-0.39, 0.29) is 24.8 Å². The van der Waals surface area contributed by atoms with E-state index in [2.05, 4.69) is 45.0 Å². The number of halogens is 1. The molecule has 1 N–H and O–H groups in total. The predicted molar refractivity (Wildman–Crippen MR) is 192 cm³/mol. The summed E-state index contributed by atoms with van der Waals surface area (Å²) in [5.41, 5.74) is 0.360. The lowest BCUT2D eigenvalue weighted by Gasteiger charge is -2.29. The number of hydrogen-bond acceptors (Lipinski definition) is 7. The van der Waals surface area contributed by atoms with Crippen LogP contribution >= 0.6 is 19.5 Å². The van der Waals surface area contributed by atoms with Gasteiger partial charge in [-0.1, -0.05) is 93.0 Å². The molecule has 0 saturated heterocycles. The molecular formula is C38H42ClO7P. The Morgan fingerprint density at radius 1 is 0.681 bits per heavy atom. The van der Waals surface area contributed by atoms with E-state index in [9.17, 15) is 5.11 Å². The first-order chi connectivity index (χ1) is 22.5. The molecule has 5 aromatic rings. The second-order valence-corrected chi connectivity index (χ2v) is 14.7. The smallest absolute Gasteiger partial charge is 0.192 e. The average Bonchev–Trinajstić information content (AvgIpc) is 3.06. The number of benzene rings is 5. The van der Waals surface area contributed by atoms with E-state index >= 15 is 0 Å². The van der Waals surface area contributed by atoms with E-state index in [4.69, 9.17) is 40.0 Å². The van der Waals surface area contributed by atoms with Crippen molar-refractivity contribution in [2.45, 2.75) is 52.6 Å². The lowest BCUT2D eigenvalue weighted by molar-refractivity contribution is -0.149. The molecule has 0 aliphatic carbocycles. The summed E-state index contributed by atoms with van der Waals surface area (Å²) in [6.07, 6.45) is -0.924.